The third-order valence-corrected chi connectivity index (χ3v) is 5.24. The van der Waals surface area contributed by atoms with Gasteiger partial charge in [0.15, 0.2) is 23.0 Å². The van der Waals surface area contributed by atoms with Crippen LogP contribution in [0.15, 0.2) is 47.4 Å². The molecule has 1 saturated heterocycles. The lowest BCUT2D eigenvalue weighted by molar-refractivity contribution is -0.115. The zero-order valence-electron chi connectivity index (χ0n) is 16.8. The lowest BCUT2D eigenvalue weighted by Gasteiger charge is -2.13. The van der Waals surface area contributed by atoms with Gasteiger partial charge in [-0.15, -0.1) is 0 Å². The second kappa shape index (κ2) is 10.9. The number of thioether (sulfide) groups is 1. The van der Waals surface area contributed by atoms with E-state index in [1.165, 1.54) is 11.8 Å². The Morgan fingerprint density at radius 2 is 1.70 bits per heavy atom. The number of thiocarbonyl (C=S) groups is 1. The van der Waals surface area contributed by atoms with Gasteiger partial charge in [0.1, 0.15) is 4.32 Å². The van der Waals surface area contributed by atoms with Gasteiger partial charge in [0.2, 0.25) is 0 Å². The monoisotopic (exact) mass is 445 g/mol. The van der Waals surface area contributed by atoms with Crippen LogP contribution < -0.4 is 24.3 Å². The van der Waals surface area contributed by atoms with Gasteiger partial charge in [-0.05, 0) is 42.8 Å². The molecule has 30 heavy (non-hydrogen) atoms. The Kier molecular flexibility index (Phi) is 7.98. The molecular formula is C22H23NO5S2. The third-order valence-electron chi connectivity index (χ3n) is 4.08. The molecule has 0 atom stereocenters. The van der Waals surface area contributed by atoms with Crippen LogP contribution in [0.3, 0.4) is 0 Å². The van der Waals surface area contributed by atoms with Crippen LogP contribution >= 0.6 is 24.0 Å². The first-order valence-electron chi connectivity index (χ1n) is 9.51. The molecular weight excluding hydrogens is 422 g/mol. The minimum atomic E-state index is -0.182. The number of carbonyl (C=O) groups is 1. The van der Waals surface area contributed by atoms with Gasteiger partial charge in [0.25, 0.3) is 5.91 Å². The van der Waals surface area contributed by atoms with E-state index in [9.17, 15) is 4.79 Å². The van der Waals surface area contributed by atoms with E-state index in [0.29, 0.717) is 58.5 Å². The summed E-state index contributed by atoms with van der Waals surface area (Å²) in [7, 11) is 1.62. The van der Waals surface area contributed by atoms with Gasteiger partial charge in [-0.3, -0.25) is 4.79 Å². The first-order valence-corrected chi connectivity index (χ1v) is 10.7. The summed E-state index contributed by atoms with van der Waals surface area (Å²) in [5, 5.41) is 2.61. The van der Waals surface area contributed by atoms with Crippen molar-refractivity contribution in [3.63, 3.8) is 0 Å². The fraction of sp³-hybridized carbons (Fsp3) is 0.273. The lowest BCUT2D eigenvalue weighted by Crippen LogP contribution is -2.17. The largest absolute Gasteiger partial charge is 0.493 e. The summed E-state index contributed by atoms with van der Waals surface area (Å²) in [6.45, 7) is 3.39. The molecule has 1 amide bonds. The SMILES string of the molecule is CCOc1cc(/C=C2/SC(=S)NC2=O)ccc1OCCCOc1ccccc1OC. The van der Waals surface area contributed by atoms with Crippen LogP contribution in [0.25, 0.3) is 6.08 Å². The van der Waals surface area contributed by atoms with Crippen molar-refractivity contribution in [1.82, 2.24) is 5.32 Å². The van der Waals surface area contributed by atoms with E-state index in [1.807, 2.05) is 49.4 Å². The highest BCUT2D eigenvalue weighted by molar-refractivity contribution is 8.26. The fourth-order valence-corrected chi connectivity index (χ4v) is 3.78. The van der Waals surface area contributed by atoms with Crippen LogP contribution in [0.2, 0.25) is 0 Å². The highest BCUT2D eigenvalue weighted by Gasteiger charge is 2.22. The molecule has 0 bridgehead atoms. The maximum Gasteiger partial charge on any atom is 0.263 e. The molecule has 6 nitrogen and oxygen atoms in total. The number of ether oxygens (including phenoxy) is 4. The molecule has 0 saturated carbocycles. The number of para-hydroxylation sites is 2. The van der Waals surface area contributed by atoms with Crippen LogP contribution in [0.4, 0.5) is 0 Å². The van der Waals surface area contributed by atoms with Crippen molar-refractivity contribution in [2.24, 2.45) is 0 Å². The normalized spacial score (nSPS) is 14.5. The molecule has 0 aromatic heterocycles. The molecule has 1 fully saturated rings. The summed E-state index contributed by atoms with van der Waals surface area (Å²) < 4.78 is 23.1. The number of carbonyl (C=O) groups excluding carboxylic acids is 1. The Balaban J connectivity index is 1.57. The van der Waals surface area contributed by atoms with Gasteiger partial charge < -0.3 is 24.3 Å². The van der Waals surface area contributed by atoms with Crippen molar-refractivity contribution in [2.45, 2.75) is 13.3 Å². The van der Waals surface area contributed by atoms with E-state index < -0.39 is 0 Å². The molecule has 2 aromatic rings. The summed E-state index contributed by atoms with van der Waals surface area (Å²) in [6, 6.07) is 13.1. The van der Waals surface area contributed by atoms with Gasteiger partial charge in [0, 0.05) is 6.42 Å². The van der Waals surface area contributed by atoms with Crippen molar-refractivity contribution in [3.05, 3.63) is 52.9 Å². The second-order valence-electron chi connectivity index (χ2n) is 6.19. The molecule has 0 aliphatic carbocycles. The second-order valence-corrected chi connectivity index (χ2v) is 7.91. The van der Waals surface area contributed by atoms with E-state index in [4.69, 9.17) is 31.2 Å². The Morgan fingerprint density at radius 1 is 1.00 bits per heavy atom. The van der Waals surface area contributed by atoms with Crippen LogP contribution in [0.5, 0.6) is 23.0 Å². The Hall–Kier alpha value is -2.71. The fourth-order valence-electron chi connectivity index (χ4n) is 2.74. The van der Waals surface area contributed by atoms with Crippen molar-refractivity contribution in [3.8, 4) is 23.0 Å². The number of hydrogen-bond acceptors (Lipinski definition) is 7. The highest BCUT2D eigenvalue weighted by Crippen LogP contribution is 2.32. The van der Waals surface area contributed by atoms with Gasteiger partial charge >= 0.3 is 0 Å². The minimum absolute atomic E-state index is 0.182. The van der Waals surface area contributed by atoms with E-state index in [-0.39, 0.29) is 5.91 Å². The zero-order valence-corrected chi connectivity index (χ0v) is 18.4. The van der Waals surface area contributed by atoms with Gasteiger partial charge in [-0.25, -0.2) is 0 Å². The third kappa shape index (κ3) is 5.90. The smallest absolute Gasteiger partial charge is 0.263 e. The van der Waals surface area contributed by atoms with Gasteiger partial charge in [-0.2, -0.15) is 0 Å². The average Bonchev–Trinajstić information content (AvgIpc) is 3.06. The predicted octanol–water partition coefficient (Wildman–Crippen LogP) is 4.43. The molecule has 1 N–H and O–H groups in total. The first-order chi connectivity index (χ1) is 14.6. The zero-order chi connectivity index (χ0) is 21.3. The number of methoxy groups -OCH3 is 1. The Morgan fingerprint density at radius 3 is 2.33 bits per heavy atom. The van der Waals surface area contributed by atoms with Crippen LogP contribution in [-0.4, -0.2) is 37.2 Å². The summed E-state index contributed by atoms with van der Waals surface area (Å²) >= 11 is 6.27. The number of hydrogen-bond donors (Lipinski definition) is 1. The molecule has 1 aliphatic heterocycles. The number of amides is 1. The molecule has 158 valence electrons. The number of benzene rings is 2. The van der Waals surface area contributed by atoms with Crippen molar-refractivity contribution < 1.29 is 23.7 Å². The molecule has 3 rings (SSSR count). The Bertz CT molecular complexity index is 945. The summed E-state index contributed by atoms with van der Waals surface area (Å²) in [4.78, 5) is 12.4. The molecule has 0 unspecified atom stereocenters. The first kappa shape index (κ1) is 22.0. The van der Waals surface area contributed by atoms with E-state index in [0.717, 1.165) is 5.56 Å². The maximum absolute atomic E-state index is 11.8. The lowest BCUT2D eigenvalue weighted by atomic mass is 10.2. The Labute approximate surface area is 185 Å². The minimum Gasteiger partial charge on any atom is -0.493 e. The standard InChI is InChI=1S/C22H23NO5S2/c1-3-26-19-13-15(14-20-21(24)23-22(29)30-20)9-10-18(19)28-12-6-11-27-17-8-5-4-7-16(17)25-2/h4-5,7-10,13-14H,3,6,11-12H2,1-2H3,(H,23,24,29)/b20-14+. The number of nitrogens with one attached hydrogen (secondary N) is 1. The molecule has 8 heteroatoms. The van der Waals surface area contributed by atoms with E-state index >= 15 is 0 Å². The summed E-state index contributed by atoms with van der Waals surface area (Å²) in [5.41, 5.74) is 0.840. The van der Waals surface area contributed by atoms with Crippen LogP contribution in [-0.2, 0) is 4.79 Å². The topological polar surface area (TPSA) is 66.0 Å². The summed E-state index contributed by atoms with van der Waals surface area (Å²) in [5.74, 6) is 2.51. The quantitative estimate of drug-likeness (QED) is 0.330. The molecule has 2 aromatic carbocycles. The van der Waals surface area contributed by atoms with Gasteiger partial charge in [0.05, 0.1) is 31.8 Å². The van der Waals surface area contributed by atoms with E-state index in [1.54, 1.807) is 13.2 Å². The van der Waals surface area contributed by atoms with Crippen molar-refractivity contribution >= 4 is 40.3 Å². The van der Waals surface area contributed by atoms with Crippen LogP contribution in [0.1, 0.15) is 18.9 Å². The summed E-state index contributed by atoms with van der Waals surface area (Å²) in [6.07, 6.45) is 2.48. The van der Waals surface area contributed by atoms with E-state index in [2.05, 4.69) is 5.32 Å². The maximum atomic E-state index is 11.8. The number of rotatable bonds is 10. The molecule has 1 heterocycles. The average molecular weight is 446 g/mol. The van der Waals surface area contributed by atoms with Crippen LogP contribution in [0, 0.1) is 0 Å². The van der Waals surface area contributed by atoms with Crippen molar-refractivity contribution in [2.75, 3.05) is 26.9 Å². The molecule has 0 radical (unpaired) electrons. The molecule has 0 spiro atoms. The predicted molar refractivity (Wildman–Crippen MR) is 123 cm³/mol. The van der Waals surface area contributed by atoms with Gasteiger partial charge in [-0.1, -0.05) is 42.2 Å². The molecule has 1 aliphatic rings. The highest BCUT2D eigenvalue weighted by atomic mass is 32.2. The van der Waals surface area contributed by atoms with Crippen molar-refractivity contribution in [1.29, 1.82) is 0 Å².